The fraction of sp³-hybridized carbons (Fsp3) is 0.719. The highest BCUT2D eigenvalue weighted by Crippen LogP contribution is 2.43. The fourth-order valence-corrected chi connectivity index (χ4v) is 6.08. The number of hydrogen-bond acceptors (Lipinski definition) is 8. The molecule has 9 atom stereocenters. The van der Waals surface area contributed by atoms with E-state index in [1.807, 2.05) is 26.0 Å². The highest BCUT2D eigenvalue weighted by molar-refractivity contribution is 5.87. The first-order valence-electron chi connectivity index (χ1n) is 15.4. The molecular weight excluding hydrogens is 540 g/mol. The summed E-state index contributed by atoms with van der Waals surface area (Å²) in [4.78, 5) is 38.0. The summed E-state index contributed by atoms with van der Waals surface area (Å²) in [5.74, 6) is 0.0545. The zero-order valence-corrected chi connectivity index (χ0v) is 25.6. The lowest BCUT2D eigenvalue weighted by molar-refractivity contribution is -0.143. The molecule has 10 nitrogen and oxygen atoms in total. The molecule has 0 aliphatic carbocycles. The van der Waals surface area contributed by atoms with Crippen LogP contribution in [0.5, 0.6) is 0 Å². The number of carbonyl (C=O) groups is 3. The number of ketones is 1. The Bertz CT molecular complexity index is 1060. The third-order valence-electron chi connectivity index (χ3n) is 8.74. The molecular formula is C32H48N2O8. The first-order chi connectivity index (χ1) is 20.0. The van der Waals surface area contributed by atoms with Gasteiger partial charge in [0, 0.05) is 32.0 Å². The molecule has 0 aromatic heterocycles. The molecule has 4 fully saturated rings. The second kappa shape index (κ2) is 14.3. The van der Waals surface area contributed by atoms with Crippen LogP contribution in [0.25, 0.3) is 0 Å². The van der Waals surface area contributed by atoms with E-state index in [0.29, 0.717) is 19.4 Å². The highest BCUT2D eigenvalue weighted by atomic mass is 16.6. The molecule has 234 valence electrons. The Hall–Kier alpha value is -2.53. The van der Waals surface area contributed by atoms with Gasteiger partial charge in [0.1, 0.15) is 29.7 Å². The van der Waals surface area contributed by atoms with Crippen LogP contribution in [-0.4, -0.2) is 95.8 Å². The lowest BCUT2D eigenvalue weighted by Crippen LogP contribution is -2.50. The normalized spacial score (nSPS) is 36.0. The van der Waals surface area contributed by atoms with E-state index >= 15 is 0 Å². The summed E-state index contributed by atoms with van der Waals surface area (Å²) in [7, 11) is 0. The second-order valence-electron chi connectivity index (χ2n) is 12.5. The summed E-state index contributed by atoms with van der Waals surface area (Å²) in [6, 6.07) is -0.120. The number of aliphatic hydroxyl groups excluding tert-OH is 1. The van der Waals surface area contributed by atoms with Crippen molar-refractivity contribution in [3.05, 3.63) is 36.0 Å². The average Bonchev–Trinajstić information content (AvgIpc) is 3.47. The number of allylic oxidation sites excluding steroid dienone is 2. The summed E-state index contributed by atoms with van der Waals surface area (Å²) >= 11 is 0. The molecule has 1 spiro atoms. The molecule has 2 N–H and O–H groups in total. The van der Waals surface area contributed by atoms with Crippen LogP contribution < -0.4 is 5.32 Å². The maximum absolute atomic E-state index is 12.6. The van der Waals surface area contributed by atoms with Gasteiger partial charge in [0.15, 0.2) is 0 Å². The van der Waals surface area contributed by atoms with E-state index in [9.17, 15) is 19.5 Å². The molecule has 2 amide bonds. The number of rotatable bonds is 10. The van der Waals surface area contributed by atoms with E-state index in [1.165, 1.54) is 6.08 Å². The molecule has 10 heteroatoms. The SMILES string of the molecule is CC(=O)C[C@@H]1C[C@@]2(CO2)[C@H](O)[C@@H](/C=C/C(C)=C/C[C@@H]2O[C@H](C)[C@H](NC(=O)/C=C\[C@H](C)OC(=O)N3CCCC3)C[C@@H]2C)O1. The van der Waals surface area contributed by atoms with Crippen molar-refractivity contribution in [2.24, 2.45) is 5.92 Å². The van der Waals surface area contributed by atoms with Crippen molar-refractivity contribution in [2.45, 2.75) is 121 Å². The lowest BCUT2D eigenvalue weighted by atomic mass is 9.87. The van der Waals surface area contributed by atoms with Crippen LogP contribution in [0, 0.1) is 5.92 Å². The minimum absolute atomic E-state index is 0.0108. The Morgan fingerprint density at radius 2 is 1.86 bits per heavy atom. The number of carbonyl (C=O) groups excluding carboxylic acids is 3. The van der Waals surface area contributed by atoms with Crippen molar-refractivity contribution >= 4 is 17.8 Å². The van der Waals surface area contributed by atoms with Gasteiger partial charge in [0.05, 0.1) is 31.0 Å². The second-order valence-corrected chi connectivity index (χ2v) is 12.5. The number of hydrogen-bond donors (Lipinski definition) is 2. The Kier molecular flexibility index (Phi) is 11.0. The van der Waals surface area contributed by atoms with Crippen LogP contribution in [0.4, 0.5) is 4.79 Å². The quantitative estimate of drug-likeness (QED) is 0.225. The lowest BCUT2D eigenvalue weighted by Gasteiger charge is -2.39. The number of amides is 2. The predicted octanol–water partition coefficient (Wildman–Crippen LogP) is 3.62. The van der Waals surface area contributed by atoms with Crippen molar-refractivity contribution in [3.63, 3.8) is 0 Å². The molecule has 0 radical (unpaired) electrons. The highest BCUT2D eigenvalue weighted by Gasteiger charge is 2.58. The van der Waals surface area contributed by atoms with Crippen molar-refractivity contribution in [1.29, 1.82) is 0 Å². The van der Waals surface area contributed by atoms with E-state index in [2.05, 4.69) is 18.3 Å². The molecule has 42 heavy (non-hydrogen) atoms. The van der Waals surface area contributed by atoms with E-state index in [0.717, 1.165) is 44.3 Å². The van der Waals surface area contributed by atoms with Crippen molar-refractivity contribution < 1.29 is 38.4 Å². The summed E-state index contributed by atoms with van der Waals surface area (Å²) in [5.41, 5.74) is 0.431. The minimum atomic E-state index is -0.762. The Labute approximate surface area is 249 Å². The van der Waals surface area contributed by atoms with Gasteiger partial charge in [-0.2, -0.15) is 0 Å². The number of likely N-dealkylation sites (tertiary alicyclic amines) is 1. The van der Waals surface area contributed by atoms with Crippen molar-refractivity contribution in [2.75, 3.05) is 19.7 Å². The van der Waals surface area contributed by atoms with Gasteiger partial charge in [-0.1, -0.05) is 30.7 Å². The third-order valence-corrected chi connectivity index (χ3v) is 8.74. The Morgan fingerprint density at radius 3 is 2.52 bits per heavy atom. The molecule has 4 aliphatic heterocycles. The van der Waals surface area contributed by atoms with Crippen molar-refractivity contribution in [3.8, 4) is 0 Å². The maximum atomic E-state index is 12.6. The molecule has 4 heterocycles. The third kappa shape index (κ3) is 8.75. The van der Waals surface area contributed by atoms with E-state index in [-0.39, 0.29) is 48.1 Å². The predicted molar refractivity (Wildman–Crippen MR) is 157 cm³/mol. The van der Waals surface area contributed by atoms with Crippen LogP contribution in [-0.2, 0) is 28.5 Å². The Morgan fingerprint density at radius 1 is 1.14 bits per heavy atom. The largest absolute Gasteiger partial charge is 0.442 e. The minimum Gasteiger partial charge on any atom is -0.442 e. The number of nitrogens with one attached hydrogen (secondary N) is 1. The van der Waals surface area contributed by atoms with Gasteiger partial charge < -0.3 is 34.3 Å². The van der Waals surface area contributed by atoms with Crippen molar-refractivity contribution in [1.82, 2.24) is 10.2 Å². The monoisotopic (exact) mass is 588 g/mol. The molecule has 0 unspecified atom stereocenters. The topological polar surface area (TPSA) is 127 Å². The zero-order chi connectivity index (χ0) is 30.4. The van der Waals surface area contributed by atoms with Gasteiger partial charge in [-0.3, -0.25) is 9.59 Å². The summed E-state index contributed by atoms with van der Waals surface area (Å²) in [6.07, 6.45) is 10.8. The fourth-order valence-electron chi connectivity index (χ4n) is 6.08. The number of nitrogens with zero attached hydrogens (tertiary/aromatic N) is 1. The smallest absolute Gasteiger partial charge is 0.410 e. The Balaban J connectivity index is 1.22. The number of ether oxygens (including phenoxy) is 4. The standard InChI is InChI=1S/C32H48N2O8/c1-20(9-12-28-30(37)32(19-39-32)18-25(42-28)17-22(3)35)8-11-27-21(2)16-26(24(5)41-27)33-29(36)13-10-23(4)40-31(38)34-14-6-7-15-34/h8-10,12-13,21,23-28,30,37H,6-7,11,14-19H2,1-5H3,(H,33,36)/b12-9+,13-10-,20-8+/t21-,23-,24+,25+,26+,27-,28+,30+,32+/m0/s1. The van der Waals surface area contributed by atoms with Crippen LogP contribution in [0.1, 0.15) is 73.1 Å². The zero-order valence-electron chi connectivity index (χ0n) is 25.6. The number of Topliss-reactive ketones (excluding diaryl/α,β-unsaturated/α-hetero) is 1. The first-order valence-corrected chi connectivity index (χ1v) is 15.4. The molecule has 4 rings (SSSR count). The van der Waals surface area contributed by atoms with E-state index in [4.69, 9.17) is 18.9 Å². The number of epoxide rings is 1. The van der Waals surface area contributed by atoms with Gasteiger partial charge in [-0.05, 0) is 65.4 Å². The number of aliphatic hydroxyl groups is 1. The first kappa shape index (κ1) is 32.4. The summed E-state index contributed by atoms with van der Waals surface area (Å²) in [6.45, 7) is 11.3. The molecule has 0 aromatic rings. The average molecular weight is 589 g/mol. The van der Waals surface area contributed by atoms with Gasteiger partial charge in [-0.25, -0.2) is 4.79 Å². The van der Waals surface area contributed by atoms with Gasteiger partial charge >= 0.3 is 6.09 Å². The van der Waals surface area contributed by atoms with Crippen LogP contribution in [0.15, 0.2) is 36.0 Å². The summed E-state index contributed by atoms with van der Waals surface area (Å²) < 4.78 is 23.3. The van der Waals surface area contributed by atoms with Gasteiger partial charge in [-0.15, -0.1) is 0 Å². The molecule has 4 aliphatic rings. The molecule has 4 saturated heterocycles. The molecule has 0 aromatic carbocycles. The summed E-state index contributed by atoms with van der Waals surface area (Å²) in [5, 5.41) is 13.8. The van der Waals surface area contributed by atoms with Crippen LogP contribution in [0.3, 0.4) is 0 Å². The molecule has 0 bridgehead atoms. The van der Waals surface area contributed by atoms with Crippen LogP contribution >= 0.6 is 0 Å². The van der Waals surface area contributed by atoms with E-state index < -0.39 is 23.9 Å². The maximum Gasteiger partial charge on any atom is 0.410 e. The van der Waals surface area contributed by atoms with Crippen LogP contribution in [0.2, 0.25) is 0 Å². The van der Waals surface area contributed by atoms with Gasteiger partial charge in [0.2, 0.25) is 5.91 Å². The van der Waals surface area contributed by atoms with E-state index in [1.54, 1.807) is 24.8 Å². The molecule has 0 saturated carbocycles. The van der Waals surface area contributed by atoms with Gasteiger partial charge in [0.25, 0.3) is 0 Å².